The van der Waals surface area contributed by atoms with Crippen molar-refractivity contribution in [1.29, 1.82) is 0 Å². The fraction of sp³-hybridized carbons (Fsp3) is 0.208. The number of benzene rings is 2. The number of sulfonamides is 1. The molecule has 2 aromatic heterocycles. The van der Waals surface area contributed by atoms with Crippen molar-refractivity contribution in [3.05, 3.63) is 76.3 Å². The number of anilines is 1. The van der Waals surface area contributed by atoms with Crippen LogP contribution in [0.25, 0.3) is 22.0 Å². The summed E-state index contributed by atoms with van der Waals surface area (Å²) < 4.78 is 62.0. The summed E-state index contributed by atoms with van der Waals surface area (Å²) >= 11 is 0. The van der Waals surface area contributed by atoms with Crippen LogP contribution in [0.15, 0.2) is 53.6 Å². The SMILES string of the molecule is CCS(=O)(=O)N1CCc2c(Oc3ccc(F)cc3F)cc(-c3cn(C)c(=O)c4[nH]ccc34)cc21. The number of H-pyrrole nitrogens is 1. The van der Waals surface area contributed by atoms with E-state index < -0.39 is 21.7 Å². The molecule has 5 rings (SSSR count). The second-order valence-corrected chi connectivity index (χ2v) is 10.3. The van der Waals surface area contributed by atoms with E-state index >= 15 is 0 Å². The van der Waals surface area contributed by atoms with Gasteiger partial charge in [0.2, 0.25) is 10.0 Å². The van der Waals surface area contributed by atoms with Crippen LogP contribution in [0.5, 0.6) is 11.5 Å². The van der Waals surface area contributed by atoms with Gasteiger partial charge in [-0.05, 0) is 49.2 Å². The van der Waals surface area contributed by atoms with Crippen molar-refractivity contribution >= 4 is 26.6 Å². The smallest absolute Gasteiger partial charge is 0.274 e. The summed E-state index contributed by atoms with van der Waals surface area (Å²) in [6.45, 7) is 1.79. The number of hydrogen-bond donors (Lipinski definition) is 1. The second kappa shape index (κ2) is 7.98. The molecular weight excluding hydrogens is 464 g/mol. The molecule has 0 aliphatic carbocycles. The first-order chi connectivity index (χ1) is 16.2. The molecule has 3 heterocycles. The summed E-state index contributed by atoms with van der Waals surface area (Å²) in [6.07, 6.45) is 3.69. The highest BCUT2D eigenvalue weighted by molar-refractivity contribution is 7.92. The second-order valence-electron chi connectivity index (χ2n) is 8.10. The molecule has 0 amide bonds. The normalized spacial score (nSPS) is 13.5. The maximum Gasteiger partial charge on any atom is 0.274 e. The molecule has 0 saturated heterocycles. The molecule has 1 N–H and O–H groups in total. The Balaban J connectivity index is 1.75. The highest BCUT2D eigenvalue weighted by Crippen LogP contribution is 2.43. The Morgan fingerprint density at radius 1 is 1.12 bits per heavy atom. The zero-order valence-corrected chi connectivity index (χ0v) is 19.2. The van der Waals surface area contributed by atoms with Gasteiger partial charge in [-0.3, -0.25) is 9.10 Å². The number of fused-ring (bicyclic) bond motifs is 2. The van der Waals surface area contributed by atoms with Crippen LogP contribution in [0.4, 0.5) is 14.5 Å². The summed E-state index contributed by atoms with van der Waals surface area (Å²) in [5, 5.41) is 0.657. The lowest BCUT2D eigenvalue weighted by Crippen LogP contribution is -2.30. The zero-order valence-electron chi connectivity index (χ0n) is 18.4. The molecule has 0 fully saturated rings. The molecule has 4 aromatic rings. The monoisotopic (exact) mass is 485 g/mol. The van der Waals surface area contributed by atoms with Crippen molar-refractivity contribution in [1.82, 2.24) is 9.55 Å². The molecule has 1 aliphatic heterocycles. The van der Waals surface area contributed by atoms with Crippen LogP contribution in [0.2, 0.25) is 0 Å². The molecule has 1 aliphatic rings. The van der Waals surface area contributed by atoms with E-state index in [0.717, 1.165) is 12.1 Å². The fourth-order valence-electron chi connectivity index (χ4n) is 4.31. The van der Waals surface area contributed by atoms with Crippen molar-refractivity contribution in [2.45, 2.75) is 13.3 Å². The average molecular weight is 486 g/mol. The molecule has 0 bridgehead atoms. The number of rotatable bonds is 5. The fourth-order valence-corrected chi connectivity index (χ4v) is 5.45. The van der Waals surface area contributed by atoms with Gasteiger partial charge in [0, 0.05) is 48.6 Å². The van der Waals surface area contributed by atoms with Gasteiger partial charge in [0.25, 0.3) is 5.56 Å². The zero-order chi connectivity index (χ0) is 24.2. The van der Waals surface area contributed by atoms with Gasteiger partial charge in [-0.2, -0.15) is 0 Å². The Bertz CT molecular complexity index is 1610. The predicted molar refractivity (Wildman–Crippen MR) is 126 cm³/mol. The first-order valence-electron chi connectivity index (χ1n) is 10.7. The van der Waals surface area contributed by atoms with Gasteiger partial charge in [0.1, 0.15) is 17.1 Å². The molecule has 0 saturated carbocycles. The lowest BCUT2D eigenvalue weighted by atomic mass is 10.00. The summed E-state index contributed by atoms with van der Waals surface area (Å²) in [7, 11) is -1.94. The topological polar surface area (TPSA) is 84.4 Å². The van der Waals surface area contributed by atoms with Gasteiger partial charge in [-0.15, -0.1) is 0 Å². The minimum Gasteiger partial charge on any atom is -0.454 e. The van der Waals surface area contributed by atoms with Crippen LogP contribution in [0.3, 0.4) is 0 Å². The number of halogens is 2. The Hall–Kier alpha value is -3.66. The van der Waals surface area contributed by atoms with E-state index in [1.807, 2.05) is 0 Å². The maximum absolute atomic E-state index is 14.4. The van der Waals surface area contributed by atoms with Crippen molar-refractivity contribution in [3.8, 4) is 22.6 Å². The number of aryl methyl sites for hydroxylation is 1. The summed E-state index contributed by atoms with van der Waals surface area (Å²) in [5.74, 6) is -1.59. The number of hydrogen-bond acceptors (Lipinski definition) is 4. The van der Waals surface area contributed by atoms with Gasteiger partial charge in [0.05, 0.1) is 11.4 Å². The number of aromatic amines is 1. The lowest BCUT2D eigenvalue weighted by Gasteiger charge is -2.20. The highest BCUT2D eigenvalue weighted by atomic mass is 32.2. The molecule has 0 radical (unpaired) electrons. The first-order valence-corrected chi connectivity index (χ1v) is 12.3. The Labute approximate surface area is 194 Å². The molecular formula is C24H21F2N3O4S. The van der Waals surface area contributed by atoms with Crippen LogP contribution in [0, 0.1) is 11.6 Å². The van der Waals surface area contributed by atoms with Crippen LogP contribution < -0.4 is 14.6 Å². The van der Waals surface area contributed by atoms with Gasteiger partial charge >= 0.3 is 0 Å². The molecule has 34 heavy (non-hydrogen) atoms. The van der Waals surface area contributed by atoms with E-state index in [9.17, 15) is 22.0 Å². The Kier molecular flexibility index (Phi) is 5.20. The van der Waals surface area contributed by atoms with E-state index in [2.05, 4.69) is 4.98 Å². The molecule has 2 aromatic carbocycles. The van der Waals surface area contributed by atoms with Crippen molar-refractivity contribution in [3.63, 3.8) is 0 Å². The third kappa shape index (κ3) is 3.54. The largest absolute Gasteiger partial charge is 0.454 e. The molecule has 0 atom stereocenters. The Morgan fingerprint density at radius 2 is 1.91 bits per heavy atom. The van der Waals surface area contributed by atoms with Crippen molar-refractivity contribution in [2.75, 3.05) is 16.6 Å². The van der Waals surface area contributed by atoms with Crippen molar-refractivity contribution < 1.29 is 21.9 Å². The number of aromatic nitrogens is 2. The molecule has 0 spiro atoms. The van der Waals surface area contributed by atoms with E-state index in [4.69, 9.17) is 4.74 Å². The van der Waals surface area contributed by atoms with Crippen molar-refractivity contribution in [2.24, 2.45) is 7.05 Å². The number of nitrogens with zero attached hydrogens (tertiary/aromatic N) is 2. The van der Waals surface area contributed by atoms with Crippen LogP contribution in [0.1, 0.15) is 12.5 Å². The lowest BCUT2D eigenvalue weighted by molar-refractivity contribution is 0.435. The van der Waals surface area contributed by atoms with E-state index in [-0.39, 0.29) is 29.4 Å². The highest BCUT2D eigenvalue weighted by Gasteiger charge is 2.32. The third-order valence-electron chi connectivity index (χ3n) is 6.04. The van der Waals surface area contributed by atoms with Gasteiger partial charge in [0.15, 0.2) is 11.6 Å². The minimum atomic E-state index is -3.57. The van der Waals surface area contributed by atoms with Gasteiger partial charge in [-0.1, -0.05) is 0 Å². The van der Waals surface area contributed by atoms with Gasteiger partial charge in [-0.25, -0.2) is 17.2 Å². The number of pyridine rings is 1. The summed E-state index contributed by atoms with van der Waals surface area (Å²) in [4.78, 5) is 15.4. The van der Waals surface area contributed by atoms with E-state index in [1.54, 1.807) is 44.6 Å². The van der Waals surface area contributed by atoms with Crippen LogP contribution >= 0.6 is 0 Å². The molecule has 10 heteroatoms. The third-order valence-corrected chi connectivity index (χ3v) is 7.82. The quantitative estimate of drug-likeness (QED) is 0.457. The maximum atomic E-state index is 14.4. The molecule has 0 unspecified atom stereocenters. The molecule has 176 valence electrons. The minimum absolute atomic E-state index is 0.0820. The molecule has 7 nitrogen and oxygen atoms in total. The van der Waals surface area contributed by atoms with Crippen LogP contribution in [-0.2, 0) is 23.5 Å². The average Bonchev–Trinajstić information content (AvgIpc) is 3.46. The Morgan fingerprint density at radius 3 is 2.65 bits per heavy atom. The number of nitrogens with one attached hydrogen (secondary N) is 1. The predicted octanol–water partition coefficient (Wildman–Crippen LogP) is 4.32. The van der Waals surface area contributed by atoms with Gasteiger partial charge < -0.3 is 14.3 Å². The summed E-state index contributed by atoms with van der Waals surface area (Å²) in [6, 6.07) is 8.21. The van der Waals surface area contributed by atoms with E-state index in [1.165, 1.54) is 14.9 Å². The number of ether oxygens (including phenoxy) is 1. The first kappa shape index (κ1) is 22.1. The summed E-state index contributed by atoms with van der Waals surface area (Å²) in [5.41, 5.74) is 2.52. The van der Waals surface area contributed by atoms with Crippen LogP contribution in [-0.4, -0.2) is 30.3 Å². The van der Waals surface area contributed by atoms with E-state index in [0.29, 0.717) is 39.7 Å². The standard InChI is InChI=1S/C24H21F2N3O4S/c1-3-34(31,32)29-9-7-17-20(29)10-14(11-22(17)33-21-5-4-15(25)12-19(21)26)18-13-28(2)24(30)23-16(18)6-8-27-23/h4-6,8,10-13,27H,3,7,9H2,1-2H3.